The number of hydrogen-bond donors (Lipinski definition) is 0. The lowest BCUT2D eigenvalue weighted by Gasteiger charge is -2.07. The van der Waals surface area contributed by atoms with E-state index in [1.165, 1.54) is 25.0 Å². The summed E-state index contributed by atoms with van der Waals surface area (Å²) in [4.78, 5) is 0. The van der Waals surface area contributed by atoms with Gasteiger partial charge in [-0.3, -0.25) is 4.68 Å². The van der Waals surface area contributed by atoms with Crippen molar-refractivity contribution in [2.45, 2.75) is 31.0 Å². The summed E-state index contributed by atoms with van der Waals surface area (Å²) in [5.74, 6) is 0. The average molecular weight is 164 g/mol. The van der Waals surface area contributed by atoms with Gasteiger partial charge in [-0.15, -0.1) is 0 Å². The van der Waals surface area contributed by atoms with Crippen LogP contribution in [0.1, 0.15) is 25.0 Å². The minimum Gasteiger partial charge on any atom is -0.359 e. The van der Waals surface area contributed by atoms with Gasteiger partial charge in [0.1, 0.15) is 5.60 Å². The number of rotatable bonds is 1. The Labute approximate surface area is 71.3 Å². The molecular weight excluding hydrogens is 152 g/mol. The largest absolute Gasteiger partial charge is 0.359 e. The SMILES string of the molecule is Cn1nccc1[C@@]12CCC[C@@H]1O2. The van der Waals surface area contributed by atoms with Crippen LogP contribution in [0.5, 0.6) is 0 Å². The number of hydrogen-bond acceptors (Lipinski definition) is 2. The third kappa shape index (κ3) is 0.630. The fourth-order valence-electron chi connectivity index (χ4n) is 2.42. The second-order valence-corrected chi connectivity index (χ2v) is 3.73. The van der Waals surface area contributed by atoms with Crippen LogP contribution in [0.4, 0.5) is 0 Å². The summed E-state index contributed by atoms with van der Waals surface area (Å²) < 4.78 is 7.64. The van der Waals surface area contributed by atoms with Gasteiger partial charge < -0.3 is 4.74 Å². The summed E-state index contributed by atoms with van der Waals surface area (Å²) in [6.45, 7) is 0. The Morgan fingerprint density at radius 2 is 2.67 bits per heavy atom. The Bertz CT molecular complexity index is 320. The zero-order valence-corrected chi connectivity index (χ0v) is 7.16. The molecule has 1 aliphatic carbocycles. The van der Waals surface area contributed by atoms with Crippen molar-refractivity contribution in [2.24, 2.45) is 7.05 Å². The average Bonchev–Trinajstić information content (AvgIpc) is 2.49. The molecule has 2 aliphatic rings. The fourth-order valence-corrected chi connectivity index (χ4v) is 2.42. The molecule has 0 N–H and O–H groups in total. The van der Waals surface area contributed by atoms with Crippen molar-refractivity contribution < 1.29 is 4.74 Å². The predicted octanol–water partition coefficient (Wildman–Crippen LogP) is 1.20. The van der Waals surface area contributed by atoms with E-state index in [9.17, 15) is 0 Å². The van der Waals surface area contributed by atoms with E-state index in [-0.39, 0.29) is 5.60 Å². The van der Waals surface area contributed by atoms with Crippen molar-refractivity contribution in [2.75, 3.05) is 0 Å². The maximum absolute atomic E-state index is 5.70. The monoisotopic (exact) mass is 164 g/mol. The third-order valence-corrected chi connectivity index (χ3v) is 3.08. The van der Waals surface area contributed by atoms with Crippen molar-refractivity contribution in [3.63, 3.8) is 0 Å². The standard InChI is InChI=1S/C9H12N2O/c1-11-7(4-6-10-11)9-5-2-3-8(9)12-9/h4,6,8H,2-3,5H2,1H3/t8-,9-/m0/s1. The molecule has 0 radical (unpaired) electrons. The minimum atomic E-state index is 0.0747. The highest BCUT2D eigenvalue weighted by atomic mass is 16.6. The molecule has 0 bridgehead atoms. The van der Waals surface area contributed by atoms with E-state index in [1.807, 2.05) is 17.9 Å². The van der Waals surface area contributed by atoms with Crippen LogP contribution in [0.2, 0.25) is 0 Å². The highest BCUT2D eigenvalue weighted by molar-refractivity contribution is 5.24. The van der Waals surface area contributed by atoms with Gasteiger partial charge in [-0.05, 0) is 25.3 Å². The smallest absolute Gasteiger partial charge is 0.136 e. The van der Waals surface area contributed by atoms with Gasteiger partial charge in [0.25, 0.3) is 0 Å². The van der Waals surface area contributed by atoms with Crippen LogP contribution in [0.25, 0.3) is 0 Å². The van der Waals surface area contributed by atoms with Crippen molar-refractivity contribution in [1.29, 1.82) is 0 Å². The lowest BCUT2D eigenvalue weighted by atomic mass is 10.0. The molecule has 12 heavy (non-hydrogen) atoms. The van der Waals surface area contributed by atoms with Crippen LogP contribution in [0.3, 0.4) is 0 Å². The quantitative estimate of drug-likeness (QED) is 0.584. The number of aryl methyl sites for hydroxylation is 1. The van der Waals surface area contributed by atoms with Gasteiger partial charge >= 0.3 is 0 Å². The molecule has 0 spiro atoms. The Morgan fingerprint density at radius 1 is 1.75 bits per heavy atom. The summed E-state index contributed by atoms with van der Waals surface area (Å²) in [6.07, 6.45) is 6.05. The maximum atomic E-state index is 5.70. The number of ether oxygens (including phenoxy) is 1. The maximum Gasteiger partial charge on any atom is 0.136 e. The number of fused-ring (bicyclic) bond motifs is 1. The topological polar surface area (TPSA) is 30.4 Å². The first-order chi connectivity index (χ1) is 5.83. The zero-order chi connectivity index (χ0) is 8.18. The lowest BCUT2D eigenvalue weighted by Crippen LogP contribution is -2.12. The first-order valence-electron chi connectivity index (χ1n) is 4.49. The third-order valence-electron chi connectivity index (χ3n) is 3.08. The van der Waals surface area contributed by atoms with Crippen molar-refractivity contribution in [1.82, 2.24) is 9.78 Å². The van der Waals surface area contributed by atoms with E-state index in [0.29, 0.717) is 6.10 Å². The number of epoxide rings is 1. The Kier molecular flexibility index (Phi) is 1.06. The molecule has 1 aromatic rings. The van der Waals surface area contributed by atoms with E-state index < -0.39 is 0 Å². The molecule has 3 nitrogen and oxygen atoms in total. The summed E-state index contributed by atoms with van der Waals surface area (Å²) >= 11 is 0. The molecule has 2 atom stereocenters. The molecule has 0 unspecified atom stereocenters. The second kappa shape index (κ2) is 1.91. The van der Waals surface area contributed by atoms with Crippen molar-refractivity contribution in [3.8, 4) is 0 Å². The molecular formula is C9H12N2O. The predicted molar refractivity (Wildman–Crippen MR) is 43.6 cm³/mol. The van der Waals surface area contributed by atoms with Crippen LogP contribution >= 0.6 is 0 Å². The van der Waals surface area contributed by atoms with E-state index in [4.69, 9.17) is 4.74 Å². The van der Waals surface area contributed by atoms with Crippen LogP contribution in [0.15, 0.2) is 12.3 Å². The highest BCUT2D eigenvalue weighted by Gasteiger charge is 2.61. The molecule has 1 saturated carbocycles. The fraction of sp³-hybridized carbons (Fsp3) is 0.667. The van der Waals surface area contributed by atoms with E-state index in [2.05, 4.69) is 11.2 Å². The van der Waals surface area contributed by atoms with E-state index in [1.54, 1.807) is 0 Å². The minimum absolute atomic E-state index is 0.0747. The Balaban J connectivity index is 2.04. The molecule has 2 fully saturated rings. The van der Waals surface area contributed by atoms with Crippen molar-refractivity contribution in [3.05, 3.63) is 18.0 Å². The van der Waals surface area contributed by atoms with Gasteiger partial charge in [-0.2, -0.15) is 5.10 Å². The molecule has 1 aliphatic heterocycles. The van der Waals surface area contributed by atoms with Gasteiger partial charge in [0, 0.05) is 13.2 Å². The van der Waals surface area contributed by atoms with Crippen LogP contribution in [0, 0.1) is 0 Å². The first kappa shape index (κ1) is 6.66. The molecule has 2 heterocycles. The summed E-state index contributed by atoms with van der Waals surface area (Å²) in [7, 11) is 1.99. The molecule has 0 aromatic carbocycles. The van der Waals surface area contributed by atoms with Crippen molar-refractivity contribution >= 4 is 0 Å². The molecule has 3 rings (SSSR count). The molecule has 3 heteroatoms. The summed E-state index contributed by atoms with van der Waals surface area (Å²) in [5.41, 5.74) is 1.33. The van der Waals surface area contributed by atoms with Crippen LogP contribution in [-0.2, 0) is 17.4 Å². The molecule has 64 valence electrons. The number of nitrogens with zero attached hydrogens (tertiary/aromatic N) is 2. The summed E-state index contributed by atoms with van der Waals surface area (Å²) in [5, 5.41) is 4.17. The molecule has 1 aromatic heterocycles. The second-order valence-electron chi connectivity index (χ2n) is 3.73. The normalized spacial score (nSPS) is 38.2. The van der Waals surface area contributed by atoms with Gasteiger partial charge in [-0.25, -0.2) is 0 Å². The van der Waals surface area contributed by atoms with Gasteiger partial charge in [0.15, 0.2) is 0 Å². The van der Waals surface area contributed by atoms with Gasteiger partial charge in [0.2, 0.25) is 0 Å². The zero-order valence-electron chi connectivity index (χ0n) is 7.16. The number of aromatic nitrogens is 2. The van der Waals surface area contributed by atoms with E-state index in [0.717, 1.165) is 0 Å². The van der Waals surface area contributed by atoms with Crippen LogP contribution < -0.4 is 0 Å². The van der Waals surface area contributed by atoms with E-state index >= 15 is 0 Å². The molecule has 0 amide bonds. The first-order valence-corrected chi connectivity index (χ1v) is 4.49. The Morgan fingerprint density at radius 3 is 3.17 bits per heavy atom. The van der Waals surface area contributed by atoms with Gasteiger partial charge in [-0.1, -0.05) is 0 Å². The lowest BCUT2D eigenvalue weighted by molar-refractivity contribution is 0.245. The van der Waals surface area contributed by atoms with Gasteiger partial charge in [0.05, 0.1) is 11.8 Å². The summed E-state index contributed by atoms with van der Waals surface area (Å²) in [6, 6.07) is 2.07. The highest BCUT2D eigenvalue weighted by Crippen LogP contribution is 2.56. The molecule has 1 saturated heterocycles. The van der Waals surface area contributed by atoms with Crippen LogP contribution in [-0.4, -0.2) is 15.9 Å². The Hall–Kier alpha value is -0.830.